The highest BCUT2D eigenvalue weighted by Crippen LogP contribution is 1.92. The molecule has 0 fully saturated rings. The lowest BCUT2D eigenvalue weighted by atomic mass is 10.3. The number of aromatic nitrogens is 2. The molecule has 21 heavy (non-hydrogen) atoms. The molecular weight excluding hydrogens is 270 g/mol. The van der Waals surface area contributed by atoms with Crippen LogP contribution < -0.4 is 10.7 Å². The fourth-order valence-electron chi connectivity index (χ4n) is 1.42. The molecule has 2 amide bonds. The van der Waals surface area contributed by atoms with Gasteiger partial charge in [-0.05, 0) is 29.8 Å². The number of carbonyl (C=O) groups excluding carboxylic acids is 2. The van der Waals surface area contributed by atoms with E-state index in [2.05, 4.69) is 25.8 Å². The summed E-state index contributed by atoms with van der Waals surface area (Å²) in [4.78, 5) is 30.9. The third-order valence-electron chi connectivity index (χ3n) is 2.45. The fourth-order valence-corrected chi connectivity index (χ4v) is 1.42. The Morgan fingerprint density at radius 1 is 1.10 bits per heavy atom. The molecule has 2 aromatic heterocycles. The van der Waals surface area contributed by atoms with Crippen molar-refractivity contribution in [3.63, 3.8) is 0 Å². The fraction of sp³-hybridized carbons (Fsp3) is 0.0714. The maximum atomic E-state index is 11.5. The Hall–Kier alpha value is -3.09. The molecule has 2 aromatic rings. The van der Waals surface area contributed by atoms with Crippen LogP contribution in [0.1, 0.15) is 11.3 Å². The van der Waals surface area contributed by atoms with Gasteiger partial charge in [0.15, 0.2) is 0 Å². The zero-order chi connectivity index (χ0) is 14.9. The predicted octanol–water partition coefficient (Wildman–Crippen LogP) is 0.243. The zero-order valence-corrected chi connectivity index (χ0v) is 11.1. The molecule has 0 unspecified atom stereocenters. The van der Waals surface area contributed by atoms with E-state index in [1.165, 1.54) is 6.21 Å². The largest absolute Gasteiger partial charge is 0.342 e. The minimum absolute atomic E-state index is 0.182. The van der Waals surface area contributed by atoms with Crippen LogP contribution >= 0.6 is 0 Å². The number of hydrazone groups is 1. The third-order valence-corrected chi connectivity index (χ3v) is 2.45. The van der Waals surface area contributed by atoms with Crippen LogP contribution in [-0.4, -0.2) is 28.0 Å². The summed E-state index contributed by atoms with van der Waals surface area (Å²) in [6.45, 7) is 0.182. The molecule has 0 saturated heterocycles. The average molecular weight is 283 g/mol. The van der Waals surface area contributed by atoms with Gasteiger partial charge in [0.05, 0.1) is 18.5 Å². The van der Waals surface area contributed by atoms with Gasteiger partial charge in [0.1, 0.15) is 0 Å². The molecular formula is C14H13N5O2. The van der Waals surface area contributed by atoms with E-state index in [-0.39, 0.29) is 6.54 Å². The average Bonchev–Trinajstić information content (AvgIpc) is 2.54. The van der Waals surface area contributed by atoms with Gasteiger partial charge in [-0.1, -0.05) is 6.07 Å². The minimum Gasteiger partial charge on any atom is -0.342 e. The molecule has 7 nitrogen and oxygen atoms in total. The van der Waals surface area contributed by atoms with Crippen LogP contribution in [0.4, 0.5) is 0 Å². The van der Waals surface area contributed by atoms with Gasteiger partial charge < -0.3 is 5.32 Å². The van der Waals surface area contributed by atoms with E-state index in [1.54, 1.807) is 48.9 Å². The van der Waals surface area contributed by atoms with Crippen LogP contribution in [0, 0.1) is 0 Å². The molecule has 0 atom stereocenters. The van der Waals surface area contributed by atoms with E-state index in [4.69, 9.17) is 0 Å². The molecule has 0 aliphatic rings. The second-order valence-corrected chi connectivity index (χ2v) is 3.98. The number of nitrogens with zero attached hydrogens (tertiary/aromatic N) is 3. The van der Waals surface area contributed by atoms with Crippen LogP contribution in [0.3, 0.4) is 0 Å². The number of hydrogen-bond donors (Lipinski definition) is 2. The SMILES string of the molecule is O=C(NCc1ccccn1)C(=O)NN=Cc1ccncc1. The molecule has 0 aliphatic heterocycles. The standard InChI is InChI=1S/C14H13N5O2/c20-13(17-10-12-3-1-2-6-16-12)14(21)19-18-9-11-4-7-15-8-5-11/h1-9H,10H2,(H,17,20)(H,19,21). The molecule has 2 heterocycles. The maximum Gasteiger partial charge on any atom is 0.329 e. The Kier molecular flexibility index (Phi) is 5.11. The van der Waals surface area contributed by atoms with Crippen molar-refractivity contribution in [2.45, 2.75) is 6.54 Å². The minimum atomic E-state index is -0.837. The summed E-state index contributed by atoms with van der Waals surface area (Å²) in [6, 6.07) is 8.76. The monoisotopic (exact) mass is 283 g/mol. The first-order valence-corrected chi connectivity index (χ1v) is 6.17. The summed E-state index contributed by atoms with van der Waals surface area (Å²) >= 11 is 0. The lowest BCUT2D eigenvalue weighted by Crippen LogP contribution is -2.37. The molecule has 0 spiro atoms. The van der Waals surface area contributed by atoms with Gasteiger partial charge in [0, 0.05) is 18.6 Å². The van der Waals surface area contributed by atoms with E-state index in [1.807, 2.05) is 0 Å². The highest BCUT2D eigenvalue weighted by molar-refractivity contribution is 6.35. The Bertz CT molecular complexity index is 628. The number of carbonyl (C=O) groups is 2. The van der Waals surface area contributed by atoms with Crippen molar-refractivity contribution in [3.8, 4) is 0 Å². The van der Waals surface area contributed by atoms with Gasteiger partial charge in [-0.3, -0.25) is 19.6 Å². The van der Waals surface area contributed by atoms with Crippen molar-refractivity contribution in [2.24, 2.45) is 5.10 Å². The highest BCUT2D eigenvalue weighted by atomic mass is 16.2. The van der Waals surface area contributed by atoms with E-state index >= 15 is 0 Å². The first-order valence-electron chi connectivity index (χ1n) is 6.17. The smallest absolute Gasteiger partial charge is 0.329 e. The second kappa shape index (κ2) is 7.49. The molecule has 2 rings (SSSR count). The molecule has 7 heteroatoms. The summed E-state index contributed by atoms with van der Waals surface area (Å²) in [7, 11) is 0. The summed E-state index contributed by atoms with van der Waals surface area (Å²) in [5, 5.41) is 6.14. The van der Waals surface area contributed by atoms with Gasteiger partial charge in [-0.2, -0.15) is 5.10 Å². The van der Waals surface area contributed by atoms with Crippen molar-refractivity contribution in [1.82, 2.24) is 20.7 Å². The number of amides is 2. The summed E-state index contributed by atoms with van der Waals surface area (Å²) in [6.07, 6.45) is 6.23. The van der Waals surface area contributed by atoms with Crippen molar-refractivity contribution in [3.05, 3.63) is 60.2 Å². The summed E-state index contributed by atoms with van der Waals surface area (Å²) in [5.41, 5.74) is 3.57. The van der Waals surface area contributed by atoms with Gasteiger partial charge >= 0.3 is 11.8 Å². The highest BCUT2D eigenvalue weighted by Gasteiger charge is 2.11. The first kappa shape index (κ1) is 14.3. The molecule has 0 bridgehead atoms. The predicted molar refractivity (Wildman–Crippen MR) is 76.1 cm³/mol. The maximum absolute atomic E-state index is 11.5. The lowest BCUT2D eigenvalue weighted by molar-refractivity contribution is -0.139. The lowest BCUT2D eigenvalue weighted by Gasteiger charge is -2.03. The molecule has 2 N–H and O–H groups in total. The Labute approximate surface area is 121 Å². The van der Waals surface area contributed by atoms with E-state index in [0.29, 0.717) is 5.69 Å². The molecule has 0 aromatic carbocycles. The topological polar surface area (TPSA) is 96.3 Å². The molecule has 0 radical (unpaired) electrons. The summed E-state index contributed by atoms with van der Waals surface area (Å²) < 4.78 is 0. The van der Waals surface area contributed by atoms with Gasteiger partial charge in [0.2, 0.25) is 0 Å². The van der Waals surface area contributed by atoms with Crippen LogP contribution in [0.2, 0.25) is 0 Å². The number of pyridine rings is 2. The normalized spacial score (nSPS) is 10.3. The molecule has 0 aliphatic carbocycles. The van der Waals surface area contributed by atoms with Crippen molar-refractivity contribution in [2.75, 3.05) is 0 Å². The van der Waals surface area contributed by atoms with Crippen molar-refractivity contribution >= 4 is 18.0 Å². The number of rotatable bonds is 4. The van der Waals surface area contributed by atoms with E-state index in [9.17, 15) is 9.59 Å². The first-order chi connectivity index (χ1) is 10.3. The number of nitrogens with one attached hydrogen (secondary N) is 2. The van der Waals surface area contributed by atoms with Gasteiger partial charge in [0.25, 0.3) is 0 Å². The molecule has 106 valence electrons. The third kappa shape index (κ3) is 4.83. The Morgan fingerprint density at radius 3 is 2.62 bits per heavy atom. The van der Waals surface area contributed by atoms with Gasteiger partial charge in [-0.25, -0.2) is 5.43 Å². The van der Waals surface area contributed by atoms with Crippen LogP contribution in [-0.2, 0) is 16.1 Å². The Balaban J connectivity index is 1.78. The zero-order valence-electron chi connectivity index (χ0n) is 11.1. The second-order valence-electron chi connectivity index (χ2n) is 3.98. The molecule has 0 saturated carbocycles. The Morgan fingerprint density at radius 2 is 1.90 bits per heavy atom. The number of hydrogen-bond acceptors (Lipinski definition) is 5. The van der Waals surface area contributed by atoms with E-state index < -0.39 is 11.8 Å². The van der Waals surface area contributed by atoms with Crippen molar-refractivity contribution < 1.29 is 9.59 Å². The summed E-state index contributed by atoms with van der Waals surface area (Å²) in [5.74, 6) is -1.61. The van der Waals surface area contributed by atoms with Crippen LogP contribution in [0.5, 0.6) is 0 Å². The van der Waals surface area contributed by atoms with E-state index in [0.717, 1.165) is 5.56 Å². The van der Waals surface area contributed by atoms with Crippen LogP contribution in [0.25, 0.3) is 0 Å². The van der Waals surface area contributed by atoms with Crippen LogP contribution in [0.15, 0.2) is 54.0 Å². The van der Waals surface area contributed by atoms with Crippen molar-refractivity contribution in [1.29, 1.82) is 0 Å². The van der Waals surface area contributed by atoms with Gasteiger partial charge in [-0.15, -0.1) is 0 Å². The quantitative estimate of drug-likeness (QED) is 0.477.